The molecule has 0 aliphatic heterocycles. The summed E-state index contributed by atoms with van der Waals surface area (Å²) in [6.07, 6.45) is 3.69. The van der Waals surface area contributed by atoms with Crippen LogP contribution < -0.4 is 10.1 Å². The molecule has 0 unspecified atom stereocenters. The maximum absolute atomic E-state index is 12.6. The smallest absolute Gasteiger partial charge is 0.270 e. The van der Waals surface area contributed by atoms with E-state index in [1.54, 1.807) is 4.40 Å². The van der Waals surface area contributed by atoms with Crippen molar-refractivity contribution in [2.45, 2.75) is 26.7 Å². The van der Waals surface area contributed by atoms with Crippen LogP contribution in [0.5, 0.6) is 5.75 Å². The molecule has 1 aromatic carbocycles. The van der Waals surface area contributed by atoms with Gasteiger partial charge in [0.1, 0.15) is 5.69 Å². The molecule has 0 fully saturated rings. The summed E-state index contributed by atoms with van der Waals surface area (Å²) in [4.78, 5) is 17.1. The quantitative estimate of drug-likeness (QED) is 0.672. The molecule has 130 valence electrons. The molecule has 1 amide bonds. The summed E-state index contributed by atoms with van der Waals surface area (Å²) >= 11 is 0. The number of nitrogens with zero attached hydrogens (tertiary/aromatic N) is 2. The van der Waals surface area contributed by atoms with Crippen molar-refractivity contribution in [2.75, 3.05) is 13.2 Å². The van der Waals surface area contributed by atoms with Crippen LogP contribution in [0, 0.1) is 6.92 Å². The van der Waals surface area contributed by atoms with E-state index in [9.17, 15) is 4.79 Å². The van der Waals surface area contributed by atoms with Gasteiger partial charge >= 0.3 is 0 Å². The third kappa shape index (κ3) is 3.82. The van der Waals surface area contributed by atoms with Crippen molar-refractivity contribution in [3.8, 4) is 5.75 Å². The first-order chi connectivity index (χ1) is 12.2. The Labute approximate surface area is 147 Å². The van der Waals surface area contributed by atoms with Crippen LogP contribution in [-0.2, 0) is 6.42 Å². The fourth-order valence-corrected chi connectivity index (χ4v) is 2.92. The Kier molecular flexibility index (Phi) is 5.33. The lowest BCUT2D eigenvalue weighted by molar-refractivity contribution is 0.0946. The number of fused-ring (bicyclic) bond motifs is 1. The average molecular weight is 337 g/mol. The molecule has 3 aromatic rings. The second-order valence-corrected chi connectivity index (χ2v) is 5.89. The third-order valence-electron chi connectivity index (χ3n) is 4.07. The lowest BCUT2D eigenvalue weighted by Crippen LogP contribution is -2.26. The standard InChI is InChI=1S/C20H23N3O2/c1-3-25-17-12-8-14-23-18(15(2)22-19(17)23)20(24)21-13-7-11-16-9-5-4-6-10-16/h4-6,8-10,12,14H,3,7,11,13H2,1-2H3,(H,21,24). The topological polar surface area (TPSA) is 55.6 Å². The summed E-state index contributed by atoms with van der Waals surface area (Å²) in [7, 11) is 0. The molecule has 2 aromatic heterocycles. The van der Waals surface area contributed by atoms with Gasteiger partial charge in [0.15, 0.2) is 11.4 Å². The van der Waals surface area contributed by atoms with Gasteiger partial charge in [0.25, 0.3) is 5.91 Å². The molecule has 0 saturated carbocycles. The second kappa shape index (κ2) is 7.83. The number of pyridine rings is 1. The first-order valence-electron chi connectivity index (χ1n) is 8.63. The third-order valence-corrected chi connectivity index (χ3v) is 4.07. The van der Waals surface area contributed by atoms with Gasteiger partial charge in [-0.25, -0.2) is 4.98 Å². The van der Waals surface area contributed by atoms with E-state index in [0.29, 0.717) is 35.9 Å². The van der Waals surface area contributed by atoms with Crippen LogP contribution in [-0.4, -0.2) is 28.4 Å². The number of ether oxygens (including phenoxy) is 1. The van der Waals surface area contributed by atoms with Crippen molar-refractivity contribution < 1.29 is 9.53 Å². The van der Waals surface area contributed by atoms with Gasteiger partial charge in [-0.1, -0.05) is 30.3 Å². The molecule has 3 rings (SSSR count). The van der Waals surface area contributed by atoms with E-state index in [2.05, 4.69) is 22.4 Å². The Morgan fingerprint density at radius 3 is 2.76 bits per heavy atom. The molecule has 0 atom stereocenters. The van der Waals surface area contributed by atoms with E-state index in [1.807, 2.05) is 50.4 Å². The van der Waals surface area contributed by atoms with Crippen LogP contribution in [0.4, 0.5) is 0 Å². The number of carbonyl (C=O) groups excluding carboxylic acids is 1. The summed E-state index contributed by atoms with van der Waals surface area (Å²) in [6.45, 7) is 4.97. The first kappa shape index (κ1) is 17.0. The van der Waals surface area contributed by atoms with Crippen molar-refractivity contribution in [3.05, 3.63) is 65.6 Å². The Morgan fingerprint density at radius 1 is 1.20 bits per heavy atom. The maximum atomic E-state index is 12.6. The zero-order valence-corrected chi connectivity index (χ0v) is 14.7. The van der Waals surface area contributed by atoms with Gasteiger partial charge in [-0.2, -0.15) is 0 Å². The number of nitrogens with one attached hydrogen (secondary N) is 1. The molecular formula is C20H23N3O2. The largest absolute Gasteiger partial charge is 0.490 e. The molecule has 0 aliphatic rings. The van der Waals surface area contributed by atoms with Crippen LogP contribution in [0.15, 0.2) is 48.7 Å². The molecule has 5 nitrogen and oxygen atoms in total. The molecule has 0 aliphatic carbocycles. The predicted molar refractivity (Wildman–Crippen MR) is 98.2 cm³/mol. The molecule has 0 saturated heterocycles. The molecule has 5 heteroatoms. The second-order valence-electron chi connectivity index (χ2n) is 5.89. The highest BCUT2D eigenvalue weighted by atomic mass is 16.5. The van der Waals surface area contributed by atoms with Crippen LogP contribution in [0.25, 0.3) is 5.65 Å². The van der Waals surface area contributed by atoms with Gasteiger partial charge in [0, 0.05) is 12.7 Å². The fraction of sp³-hybridized carbons (Fsp3) is 0.300. The van der Waals surface area contributed by atoms with Crippen LogP contribution in [0.1, 0.15) is 35.1 Å². The molecule has 0 bridgehead atoms. The van der Waals surface area contributed by atoms with Gasteiger partial charge in [0.05, 0.1) is 12.3 Å². The monoisotopic (exact) mass is 337 g/mol. The van der Waals surface area contributed by atoms with Crippen molar-refractivity contribution in [3.63, 3.8) is 0 Å². The van der Waals surface area contributed by atoms with Crippen molar-refractivity contribution in [2.24, 2.45) is 0 Å². The van der Waals surface area contributed by atoms with Gasteiger partial charge in [-0.3, -0.25) is 9.20 Å². The number of benzene rings is 1. The summed E-state index contributed by atoms with van der Waals surface area (Å²) in [6, 6.07) is 14.0. The number of hydrogen-bond acceptors (Lipinski definition) is 3. The number of aromatic nitrogens is 2. The normalized spacial score (nSPS) is 10.8. The molecule has 25 heavy (non-hydrogen) atoms. The van der Waals surface area contributed by atoms with Crippen LogP contribution in [0.3, 0.4) is 0 Å². The molecule has 0 spiro atoms. The van der Waals surface area contributed by atoms with E-state index in [-0.39, 0.29) is 5.91 Å². The summed E-state index contributed by atoms with van der Waals surface area (Å²) < 4.78 is 7.40. The molecule has 1 N–H and O–H groups in total. The Hall–Kier alpha value is -2.82. The zero-order chi connectivity index (χ0) is 17.6. The number of rotatable bonds is 7. The van der Waals surface area contributed by atoms with E-state index < -0.39 is 0 Å². The minimum atomic E-state index is -0.105. The maximum Gasteiger partial charge on any atom is 0.270 e. The fourth-order valence-electron chi connectivity index (χ4n) is 2.92. The lowest BCUT2D eigenvalue weighted by atomic mass is 10.1. The Bertz CT molecular complexity index is 856. The number of imidazole rings is 1. The number of amides is 1. The first-order valence-corrected chi connectivity index (χ1v) is 8.63. The van der Waals surface area contributed by atoms with Gasteiger partial charge < -0.3 is 10.1 Å². The SMILES string of the molecule is CCOc1cccn2c(C(=O)NCCCc3ccccc3)c(C)nc12. The Balaban J connectivity index is 1.67. The van der Waals surface area contributed by atoms with E-state index in [4.69, 9.17) is 4.74 Å². The van der Waals surface area contributed by atoms with Crippen molar-refractivity contribution in [1.29, 1.82) is 0 Å². The van der Waals surface area contributed by atoms with E-state index in [1.165, 1.54) is 5.56 Å². The zero-order valence-electron chi connectivity index (χ0n) is 14.7. The summed E-state index contributed by atoms with van der Waals surface area (Å²) in [5, 5.41) is 3.00. The number of carbonyl (C=O) groups is 1. The summed E-state index contributed by atoms with van der Waals surface area (Å²) in [5.41, 5.74) is 3.23. The highest BCUT2D eigenvalue weighted by Crippen LogP contribution is 2.22. The number of hydrogen-bond donors (Lipinski definition) is 1. The Morgan fingerprint density at radius 2 is 2.00 bits per heavy atom. The highest BCUT2D eigenvalue weighted by molar-refractivity contribution is 5.94. The minimum Gasteiger partial charge on any atom is -0.490 e. The number of aryl methyl sites for hydroxylation is 2. The van der Waals surface area contributed by atoms with Crippen LogP contribution >= 0.6 is 0 Å². The van der Waals surface area contributed by atoms with Gasteiger partial charge in [-0.05, 0) is 44.4 Å². The molecule has 2 heterocycles. The van der Waals surface area contributed by atoms with Crippen LogP contribution in [0.2, 0.25) is 0 Å². The van der Waals surface area contributed by atoms with Gasteiger partial charge in [-0.15, -0.1) is 0 Å². The van der Waals surface area contributed by atoms with E-state index in [0.717, 1.165) is 12.8 Å². The molecule has 0 radical (unpaired) electrons. The van der Waals surface area contributed by atoms with Crippen molar-refractivity contribution in [1.82, 2.24) is 14.7 Å². The lowest BCUT2D eigenvalue weighted by Gasteiger charge is -2.07. The van der Waals surface area contributed by atoms with Crippen molar-refractivity contribution >= 4 is 11.6 Å². The van der Waals surface area contributed by atoms with E-state index >= 15 is 0 Å². The summed E-state index contributed by atoms with van der Waals surface area (Å²) in [5.74, 6) is 0.586. The highest BCUT2D eigenvalue weighted by Gasteiger charge is 2.18. The minimum absolute atomic E-state index is 0.105. The molecular weight excluding hydrogens is 314 g/mol. The predicted octanol–water partition coefficient (Wildman–Crippen LogP) is 3.40. The van der Waals surface area contributed by atoms with Gasteiger partial charge in [0.2, 0.25) is 0 Å². The average Bonchev–Trinajstić information content (AvgIpc) is 2.97.